The van der Waals surface area contributed by atoms with Crippen LogP contribution in [0.3, 0.4) is 0 Å². The predicted octanol–water partition coefficient (Wildman–Crippen LogP) is 4.16. The highest BCUT2D eigenvalue weighted by atomic mass is 35.5. The molecule has 2 aromatic carbocycles. The number of nitrogens with two attached hydrogens (primary N) is 1. The summed E-state index contributed by atoms with van der Waals surface area (Å²) in [5.74, 6) is 6.50. The van der Waals surface area contributed by atoms with Gasteiger partial charge < -0.3 is 0 Å². The van der Waals surface area contributed by atoms with Crippen molar-refractivity contribution >= 4 is 11.6 Å². The molecule has 3 heteroatoms. The molecule has 1 aliphatic rings. The van der Waals surface area contributed by atoms with Gasteiger partial charge in [-0.1, -0.05) is 54.4 Å². The summed E-state index contributed by atoms with van der Waals surface area (Å²) in [4.78, 5) is 0. The number of hydrogen-bond donors (Lipinski definition) is 2. The normalized spacial score (nSPS) is 16.7. The fourth-order valence-electron chi connectivity index (χ4n) is 2.81. The highest BCUT2D eigenvalue weighted by Crippen LogP contribution is 2.37. The minimum absolute atomic E-state index is 0.0197. The summed E-state index contributed by atoms with van der Waals surface area (Å²) >= 11 is 6.08. The molecule has 1 atom stereocenters. The van der Waals surface area contributed by atoms with Gasteiger partial charge in [0, 0.05) is 5.02 Å². The summed E-state index contributed by atoms with van der Waals surface area (Å²) in [5, 5.41) is 0.734. The van der Waals surface area contributed by atoms with Gasteiger partial charge in [-0.25, -0.2) is 5.43 Å². The third-order valence-electron chi connectivity index (χ3n) is 4.17. The number of hydrazine groups is 1. The van der Waals surface area contributed by atoms with Crippen molar-refractivity contribution in [3.05, 3.63) is 70.2 Å². The van der Waals surface area contributed by atoms with Crippen LogP contribution < -0.4 is 11.3 Å². The van der Waals surface area contributed by atoms with Crippen molar-refractivity contribution in [3.8, 4) is 0 Å². The van der Waals surface area contributed by atoms with Crippen molar-refractivity contribution < 1.29 is 0 Å². The largest absolute Gasteiger partial charge is 0.271 e. The zero-order chi connectivity index (χ0) is 13.9. The topological polar surface area (TPSA) is 38.0 Å². The van der Waals surface area contributed by atoms with E-state index < -0.39 is 0 Å². The van der Waals surface area contributed by atoms with E-state index in [-0.39, 0.29) is 6.04 Å². The summed E-state index contributed by atoms with van der Waals surface area (Å²) in [6, 6.07) is 16.6. The standard InChI is InChI=1S/C17H19ClN2/c18-16-9-3-8-15(11-16)17(20-19)14-7-2-6-13(10-14)12-4-1-5-12/h2-3,6-12,17,20H,1,4-5,19H2. The summed E-state index contributed by atoms with van der Waals surface area (Å²) in [5.41, 5.74) is 6.61. The molecule has 0 aliphatic heterocycles. The van der Waals surface area contributed by atoms with Gasteiger partial charge in [-0.05, 0) is 47.6 Å². The maximum absolute atomic E-state index is 6.08. The Morgan fingerprint density at radius 2 is 1.75 bits per heavy atom. The first-order valence-electron chi connectivity index (χ1n) is 7.09. The molecule has 1 saturated carbocycles. The molecule has 2 nitrogen and oxygen atoms in total. The number of nitrogens with one attached hydrogen (secondary N) is 1. The molecule has 3 N–H and O–H groups in total. The van der Waals surface area contributed by atoms with Gasteiger partial charge in [0.15, 0.2) is 0 Å². The van der Waals surface area contributed by atoms with Crippen LogP contribution in [-0.2, 0) is 0 Å². The van der Waals surface area contributed by atoms with Gasteiger partial charge in [-0.3, -0.25) is 5.84 Å². The van der Waals surface area contributed by atoms with Crippen molar-refractivity contribution in [2.24, 2.45) is 5.84 Å². The van der Waals surface area contributed by atoms with Crippen molar-refractivity contribution in [3.63, 3.8) is 0 Å². The summed E-state index contributed by atoms with van der Waals surface area (Å²) in [7, 11) is 0. The maximum atomic E-state index is 6.08. The molecule has 3 rings (SSSR count). The van der Waals surface area contributed by atoms with E-state index in [1.807, 2.05) is 24.3 Å². The average Bonchev–Trinajstić information content (AvgIpc) is 2.38. The Morgan fingerprint density at radius 3 is 2.35 bits per heavy atom. The van der Waals surface area contributed by atoms with Crippen molar-refractivity contribution in [1.29, 1.82) is 0 Å². The molecule has 0 radical (unpaired) electrons. The number of rotatable bonds is 4. The predicted molar refractivity (Wildman–Crippen MR) is 83.7 cm³/mol. The van der Waals surface area contributed by atoms with E-state index >= 15 is 0 Å². The molecule has 20 heavy (non-hydrogen) atoms. The Labute approximate surface area is 124 Å². The van der Waals surface area contributed by atoms with Gasteiger partial charge in [-0.15, -0.1) is 0 Å². The Balaban J connectivity index is 1.92. The lowest BCUT2D eigenvalue weighted by atomic mass is 9.79. The SMILES string of the molecule is NNC(c1cccc(Cl)c1)c1cccc(C2CCC2)c1. The molecule has 1 fully saturated rings. The molecule has 0 amide bonds. The molecule has 1 aliphatic carbocycles. The molecule has 0 spiro atoms. The van der Waals surface area contributed by atoms with Gasteiger partial charge in [0.1, 0.15) is 0 Å². The molecule has 0 heterocycles. The lowest BCUT2D eigenvalue weighted by Crippen LogP contribution is -2.29. The van der Waals surface area contributed by atoms with E-state index in [0.29, 0.717) is 0 Å². The van der Waals surface area contributed by atoms with Crippen LogP contribution in [0.4, 0.5) is 0 Å². The van der Waals surface area contributed by atoms with E-state index in [1.54, 1.807) is 0 Å². The van der Waals surface area contributed by atoms with Gasteiger partial charge in [-0.2, -0.15) is 0 Å². The van der Waals surface area contributed by atoms with Crippen LogP contribution in [0.2, 0.25) is 5.02 Å². The molecular formula is C17H19ClN2. The second-order valence-corrected chi connectivity index (χ2v) is 5.89. The molecule has 0 aromatic heterocycles. The Kier molecular flexibility index (Phi) is 4.06. The Hall–Kier alpha value is -1.35. The summed E-state index contributed by atoms with van der Waals surface area (Å²) < 4.78 is 0. The summed E-state index contributed by atoms with van der Waals surface area (Å²) in [6.45, 7) is 0. The Bertz CT molecular complexity index is 593. The van der Waals surface area contributed by atoms with Crippen LogP contribution in [0.5, 0.6) is 0 Å². The zero-order valence-electron chi connectivity index (χ0n) is 11.4. The number of halogens is 1. The fraction of sp³-hybridized carbons (Fsp3) is 0.294. The Morgan fingerprint density at radius 1 is 1.05 bits per heavy atom. The molecule has 0 bridgehead atoms. The van der Waals surface area contributed by atoms with Gasteiger partial charge >= 0.3 is 0 Å². The lowest BCUT2D eigenvalue weighted by Gasteiger charge is -2.27. The third kappa shape index (κ3) is 2.73. The first-order chi connectivity index (χ1) is 9.78. The maximum Gasteiger partial charge on any atom is 0.0710 e. The second-order valence-electron chi connectivity index (χ2n) is 5.45. The molecule has 104 valence electrons. The van der Waals surface area contributed by atoms with E-state index in [2.05, 4.69) is 29.7 Å². The van der Waals surface area contributed by atoms with Gasteiger partial charge in [0.05, 0.1) is 6.04 Å². The minimum Gasteiger partial charge on any atom is -0.271 e. The summed E-state index contributed by atoms with van der Waals surface area (Å²) in [6.07, 6.45) is 3.96. The lowest BCUT2D eigenvalue weighted by molar-refractivity contribution is 0.419. The highest BCUT2D eigenvalue weighted by molar-refractivity contribution is 6.30. The zero-order valence-corrected chi connectivity index (χ0v) is 12.1. The van der Waals surface area contributed by atoms with Crippen LogP contribution in [0.15, 0.2) is 48.5 Å². The van der Waals surface area contributed by atoms with Crippen molar-refractivity contribution in [1.82, 2.24) is 5.43 Å². The van der Waals surface area contributed by atoms with Gasteiger partial charge in [0.25, 0.3) is 0 Å². The minimum atomic E-state index is -0.0197. The van der Waals surface area contributed by atoms with Crippen LogP contribution in [0.25, 0.3) is 0 Å². The quantitative estimate of drug-likeness (QED) is 0.654. The first kappa shape index (κ1) is 13.6. The molecular weight excluding hydrogens is 268 g/mol. The van der Waals surface area contributed by atoms with Crippen LogP contribution >= 0.6 is 11.6 Å². The monoisotopic (exact) mass is 286 g/mol. The van der Waals surface area contributed by atoms with Crippen LogP contribution in [0, 0.1) is 0 Å². The van der Waals surface area contributed by atoms with E-state index in [4.69, 9.17) is 17.4 Å². The van der Waals surface area contributed by atoms with Crippen molar-refractivity contribution in [2.45, 2.75) is 31.2 Å². The highest BCUT2D eigenvalue weighted by Gasteiger charge is 2.21. The van der Waals surface area contributed by atoms with Crippen LogP contribution in [-0.4, -0.2) is 0 Å². The average molecular weight is 287 g/mol. The first-order valence-corrected chi connectivity index (χ1v) is 7.47. The van der Waals surface area contributed by atoms with E-state index in [1.165, 1.54) is 30.4 Å². The molecule has 1 unspecified atom stereocenters. The van der Waals surface area contributed by atoms with E-state index in [9.17, 15) is 0 Å². The van der Waals surface area contributed by atoms with E-state index in [0.717, 1.165) is 16.5 Å². The number of benzene rings is 2. The number of hydrogen-bond acceptors (Lipinski definition) is 2. The third-order valence-corrected chi connectivity index (χ3v) is 4.40. The smallest absolute Gasteiger partial charge is 0.0710 e. The molecule has 2 aromatic rings. The fourth-order valence-corrected chi connectivity index (χ4v) is 3.00. The van der Waals surface area contributed by atoms with Gasteiger partial charge in [0.2, 0.25) is 0 Å². The second kappa shape index (κ2) is 5.96. The van der Waals surface area contributed by atoms with Crippen LogP contribution in [0.1, 0.15) is 47.9 Å². The van der Waals surface area contributed by atoms with Crippen molar-refractivity contribution in [2.75, 3.05) is 0 Å². The molecule has 0 saturated heterocycles.